The van der Waals surface area contributed by atoms with Crippen LogP contribution in [0, 0.1) is 24.6 Å². The van der Waals surface area contributed by atoms with Gasteiger partial charge >= 0.3 is 0 Å². The summed E-state index contributed by atoms with van der Waals surface area (Å²) in [6, 6.07) is 6.68. The average Bonchev–Trinajstić information content (AvgIpc) is 3.02. The van der Waals surface area contributed by atoms with Gasteiger partial charge in [0.2, 0.25) is 0 Å². The van der Waals surface area contributed by atoms with Gasteiger partial charge in [-0.25, -0.2) is 4.39 Å². The lowest BCUT2D eigenvalue weighted by Crippen LogP contribution is -2.25. The third-order valence-electron chi connectivity index (χ3n) is 4.22. The Morgan fingerprint density at radius 1 is 1.29 bits per heavy atom. The fourth-order valence-corrected chi connectivity index (χ4v) is 2.78. The smallest absolute Gasteiger partial charge is 0.269 e. The van der Waals surface area contributed by atoms with Gasteiger partial charge in [-0.3, -0.25) is 9.48 Å². The second-order valence-electron chi connectivity index (χ2n) is 6.57. The van der Waals surface area contributed by atoms with Gasteiger partial charge in [0.05, 0.1) is 12.3 Å². The van der Waals surface area contributed by atoms with Gasteiger partial charge in [-0.15, -0.1) is 11.8 Å². The number of unbranched alkanes of at least 4 members (excludes halogenated alkanes) is 3. The molecule has 0 saturated heterocycles. The standard InChI is InChI=1S/C22H28FN3O2/c1-4-5-6-7-8-9-10-14-28-20-13-11-12-18(21(20)23)16-24-22(27)19-15-17(2)25-26(19)3/h11-13,15H,4,7-10,14,16H2,1-3H3,(H,24,27). The highest BCUT2D eigenvalue weighted by Crippen LogP contribution is 2.21. The first kappa shape index (κ1) is 21.5. The quantitative estimate of drug-likeness (QED) is 0.521. The number of nitrogens with one attached hydrogen (secondary N) is 1. The minimum Gasteiger partial charge on any atom is -0.491 e. The van der Waals surface area contributed by atoms with Gasteiger partial charge in [-0.2, -0.15) is 5.10 Å². The van der Waals surface area contributed by atoms with Crippen LogP contribution in [-0.2, 0) is 13.6 Å². The highest BCUT2D eigenvalue weighted by atomic mass is 19.1. The second-order valence-corrected chi connectivity index (χ2v) is 6.57. The number of nitrogens with zero attached hydrogens (tertiary/aromatic N) is 2. The van der Waals surface area contributed by atoms with Crippen LogP contribution in [0.3, 0.4) is 0 Å². The fraction of sp³-hybridized carbons (Fsp3) is 0.455. The number of aromatic nitrogens is 2. The number of aryl methyl sites for hydroxylation is 2. The zero-order chi connectivity index (χ0) is 20.4. The molecule has 0 saturated carbocycles. The Labute approximate surface area is 166 Å². The van der Waals surface area contributed by atoms with Crippen LogP contribution < -0.4 is 10.1 Å². The maximum Gasteiger partial charge on any atom is 0.269 e. The van der Waals surface area contributed by atoms with Crippen LogP contribution in [0.4, 0.5) is 4.39 Å². The lowest BCUT2D eigenvalue weighted by atomic mass is 10.2. The molecular weight excluding hydrogens is 357 g/mol. The summed E-state index contributed by atoms with van der Waals surface area (Å²) in [6.45, 7) is 4.40. The molecule has 5 nitrogen and oxygen atoms in total. The molecule has 0 spiro atoms. The number of carbonyl (C=O) groups is 1. The maximum absolute atomic E-state index is 14.6. The minimum atomic E-state index is -0.433. The van der Waals surface area contributed by atoms with E-state index in [0.717, 1.165) is 37.8 Å². The van der Waals surface area contributed by atoms with Crippen molar-refractivity contribution in [1.82, 2.24) is 15.1 Å². The normalized spacial score (nSPS) is 10.3. The molecule has 1 heterocycles. The molecule has 1 N–H and O–H groups in total. The molecule has 0 atom stereocenters. The zero-order valence-electron chi connectivity index (χ0n) is 16.8. The summed E-state index contributed by atoms with van der Waals surface area (Å²) in [5, 5.41) is 6.87. The Balaban J connectivity index is 1.81. The average molecular weight is 385 g/mol. The predicted octanol–water partition coefficient (Wildman–Crippen LogP) is 4.15. The number of hydrogen-bond donors (Lipinski definition) is 1. The van der Waals surface area contributed by atoms with Gasteiger partial charge in [-0.05, 0) is 38.3 Å². The molecule has 0 fully saturated rings. The molecular formula is C22H28FN3O2. The van der Waals surface area contributed by atoms with Crippen LogP contribution in [0.2, 0.25) is 0 Å². The van der Waals surface area contributed by atoms with Crippen molar-refractivity contribution in [2.45, 2.75) is 52.5 Å². The molecule has 6 heteroatoms. The molecule has 0 radical (unpaired) electrons. The summed E-state index contributed by atoms with van der Waals surface area (Å²) in [4.78, 5) is 12.3. The van der Waals surface area contributed by atoms with Crippen molar-refractivity contribution >= 4 is 5.91 Å². The van der Waals surface area contributed by atoms with E-state index in [4.69, 9.17) is 4.74 Å². The summed E-state index contributed by atoms with van der Waals surface area (Å²) in [5.41, 5.74) is 1.58. The fourth-order valence-electron chi connectivity index (χ4n) is 2.78. The molecule has 0 aliphatic rings. The van der Waals surface area contributed by atoms with Crippen molar-refractivity contribution in [3.05, 3.63) is 47.0 Å². The molecule has 0 bridgehead atoms. The van der Waals surface area contributed by atoms with Gasteiger partial charge in [0.15, 0.2) is 11.6 Å². The van der Waals surface area contributed by atoms with E-state index in [1.165, 1.54) is 4.68 Å². The number of amides is 1. The summed E-state index contributed by atoms with van der Waals surface area (Å²) in [5.74, 6) is 5.65. The molecule has 1 aromatic heterocycles. The number of ether oxygens (including phenoxy) is 1. The van der Waals surface area contributed by atoms with E-state index in [9.17, 15) is 9.18 Å². The first-order valence-corrected chi connectivity index (χ1v) is 9.67. The SMILES string of the molecule is CCC#CCCCCCOc1cccc(CNC(=O)c2cc(C)nn2C)c1F. The van der Waals surface area contributed by atoms with E-state index in [-0.39, 0.29) is 18.2 Å². The highest BCUT2D eigenvalue weighted by molar-refractivity contribution is 5.92. The summed E-state index contributed by atoms with van der Waals surface area (Å²) in [6.07, 6.45) is 4.67. The van der Waals surface area contributed by atoms with Crippen molar-refractivity contribution in [2.75, 3.05) is 6.61 Å². The van der Waals surface area contributed by atoms with Crippen LogP contribution in [0.1, 0.15) is 60.8 Å². The monoisotopic (exact) mass is 385 g/mol. The largest absolute Gasteiger partial charge is 0.491 e. The van der Waals surface area contributed by atoms with Crippen LogP contribution in [0.5, 0.6) is 5.75 Å². The van der Waals surface area contributed by atoms with Crippen LogP contribution >= 0.6 is 0 Å². The number of halogens is 1. The van der Waals surface area contributed by atoms with Crippen LogP contribution in [0.15, 0.2) is 24.3 Å². The Kier molecular flexibility index (Phi) is 8.54. The molecule has 1 aromatic carbocycles. The third-order valence-corrected chi connectivity index (χ3v) is 4.22. The van der Waals surface area contributed by atoms with E-state index in [2.05, 4.69) is 22.3 Å². The lowest BCUT2D eigenvalue weighted by Gasteiger charge is -2.11. The topological polar surface area (TPSA) is 56.1 Å². The summed E-state index contributed by atoms with van der Waals surface area (Å²) in [7, 11) is 1.70. The minimum absolute atomic E-state index is 0.0855. The van der Waals surface area contributed by atoms with Crippen LogP contribution in [-0.4, -0.2) is 22.3 Å². The molecule has 2 aromatic rings. The zero-order valence-corrected chi connectivity index (χ0v) is 16.8. The van der Waals surface area contributed by atoms with Crippen molar-refractivity contribution in [3.63, 3.8) is 0 Å². The first-order valence-electron chi connectivity index (χ1n) is 9.67. The maximum atomic E-state index is 14.6. The molecule has 0 aliphatic heterocycles. The molecule has 2 rings (SSSR count). The highest BCUT2D eigenvalue weighted by Gasteiger charge is 2.14. The van der Waals surface area contributed by atoms with E-state index in [1.807, 2.05) is 13.8 Å². The molecule has 0 aliphatic carbocycles. The number of rotatable bonds is 9. The third kappa shape index (κ3) is 6.41. The second kappa shape index (κ2) is 11.1. The van der Waals surface area contributed by atoms with Gasteiger partial charge < -0.3 is 10.1 Å². The van der Waals surface area contributed by atoms with Crippen LogP contribution in [0.25, 0.3) is 0 Å². The lowest BCUT2D eigenvalue weighted by molar-refractivity contribution is 0.0941. The molecule has 1 amide bonds. The van der Waals surface area contributed by atoms with Gasteiger partial charge in [0, 0.05) is 32.0 Å². The van der Waals surface area contributed by atoms with Crippen molar-refractivity contribution in [2.24, 2.45) is 7.05 Å². The number of carbonyl (C=O) groups excluding carboxylic acids is 1. The van der Waals surface area contributed by atoms with E-state index in [1.54, 1.807) is 31.3 Å². The Morgan fingerprint density at radius 3 is 2.82 bits per heavy atom. The Bertz CT molecular complexity index is 849. The van der Waals surface area contributed by atoms with E-state index in [0.29, 0.717) is 17.9 Å². The van der Waals surface area contributed by atoms with Gasteiger partial charge in [-0.1, -0.05) is 19.1 Å². The molecule has 28 heavy (non-hydrogen) atoms. The van der Waals surface area contributed by atoms with Crippen molar-refractivity contribution in [3.8, 4) is 17.6 Å². The van der Waals surface area contributed by atoms with Crippen molar-refractivity contribution < 1.29 is 13.9 Å². The predicted molar refractivity (Wildman–Crippen MR) is 108 cm³/mol. The summed E-state index contributed by atoms with van der Waals surface area (Å²) >= 11 is 0. The molecule has 150 valence electrons. The first-order chi connectivity index (χ1) is 13.5. The molecule has 0 unspecified atom stereocenters. The number of benzene rings is 1. The number of hydrogen-bond acceptors (Lipinski definition) is 3. The van der Waals surface area contributed by atoms with Gasteiger partial charge in [0.25, 0.3) is 5.91 Å². The van der Waals surface area contributed by atoms with E-state index < -0.39 is 5.82 Å². The Morgan fingerprint density at radius 2 is 2.11 bits per heavy atom. The Hall–Kier alpha value is -2.81. The van der Waals surface area contributed by atoms with Crippen molar-refractivity contribution in [1.29, 1.82) is 0 Å². The van der Waals surface area contributed by atoms with Gasteiger partial charge in [0.1, 0.15) is 5.69 Å². The van der Waals surface area contributed by atoms with E-state index >= 15 is 0 Å². The summed E-state index contributed by atoms with van der Waals surface area (Å²) < 4.78 is 21.7.